The van der Waals surface area contributed by atoms with Crippen molar-refractivity contribution >= 4 is 40.9 Å². The number of aliphatic carboxylic acids is 1. The number of rotatable bonds is 4. The van der Waals surface area contributed by atoms with Gasteiger partial charge < -0.3 is 15.3 Å². The van der Waals surface area contributed by atoms with Crippen LogP contribution < -0.4 is 5.32 Å². The summed E-state index contributed by atoms with van der Waals surface area (Å²) in [7, 11) is 0. The van der Waals surface area contributed by atoms with Crippen LogP contribution in [0.5, 0.6) is 0 Å². The van der Waals surface area contributed by atoms with Gasteiger partial charge in [0.15, 0.2) is 0 Å². The molecule has 116 valence electrons. The number of likely N-dealkylation sites (N-methyl/N-ethyl adjacent to an activating group) is 1. The average molecular weight is 333 g/mol. The van der Waals surface area contributed by atoms with Crippen LogP contribution in [0.2, 0.25) is 10.0 Å². The number of halogens is 2. The second kappa shape index (κ2) is 6.54. The molecular formula is C14H18Cl2N2O3. The molecule has 0 bridgehead atoms. The van der Waals surface area contributed by atoms with Gasteiger partial charge in [-0.25, -0.2) is 9.59 Å². The van der Waals surface area contributed by atoms with Crippen LogP contribution in [0.4, 0.5) is 10.5 Å². The van der Waals surface area contributed by atoms with E-state index in [0.717, 1.165) is 5.56 Å². The zero-order chi connectivity index (χ0) is 16.4. The molecule has 5 nitrogen and oxygen atoms in total. The van der Waals surface area contributed by atoms with E-state index in [-0.39, 0.29) is 12.2 Å². The number of anilines is 1. The lowest BCUT2D eigenvalue weighted by molar-refractivity contribution is -0.147. The van der Waals surface area contributed by atoms with E-state index in [1.165, 1.54) is 18.7 Å². The SMILES string of the molecule is CCN(C(=O)Nc1c(Cl)ccc(C)c1Cl)C(C)(C)C(=O)O. The fourth-order valence-electron chi connectivity index (χ4n) is 1.85. The molecule has 0 aliphatic carbocycles. The van der Waals surface area contributed by atoms with Gasteiger partial charge >= 0.3 is 12.0 Å². The lowest BCUT2D eigenvalue weighted by Gasteiger charge is -2.34. The van der Waals surface area contributed by atoms with Gasteiger partial charge in [-0.1, -0.05) is 29.3 Å². The fraction of sp³-hybridized carbons (Fsp3) is 0.429. The van der Waals surface area contributed by atoms with Crippen LogP contribution >= 0.6 is 23.2 Å². The maximum atomic E-state index is 12.3. The minimum absolute atomic E-state index is 0.228. The number of carboxylic acid groups (broad SMARTS) is 1. The van der Waals surface area contributed by atoms with Crippen LogP contribution in [0, 0.1) is 6.92 Å². The fourth-order valence-corrected chi connectivity index (χ4v) is 2.32. The quantitative estimate of drug-likeness (QED) is 0.874. The van der Waals surface area contributed by atoms with Crippen molar-refractivity contribution in [2.75, 3.05) is 11.9 Å². The van der Waals surface area contributed by atoms with Crippen LogP contribution in [0.25, 0.3) is 0 Å². The molecule has 0 aromatic heterocycles. The summed E-state index contributed by atoms with van der Waals surface area (Å²) >= 11 is 12.2. The summed E-state index contributed by atoms with van der Waals surface area (Å²) in [4.78, 5) is 24.8. The largest absolute Gasteiger partial charge is 0.480 e. The Balaban J connectivity index is 3.11. The zero-order valence-corrected chi connectivity index (χ0v) is 13.8. The predicted molar refractivity (Wildman–Crippen MR) is 84.3 cm³/mol. The summed E-state index contributed by atoms with van der Waals surface area (Å²) in [5.74, 6) is -1.10. The first-order valence-electron chi connectivity index (χ1n) is 6.39. The molecule has 0 saturated carbocycles. The summed E-state index contributed by atoms with van der Waals surface area (Å²) in [5.41, 5.74) is -0.304. The highest BCUT2D eigenvalue weighted by Gasteiger charge is 2.37. The number of carbonyl (C=O) groups is 2. The second-order valence-electron chi connectivity index (χ2n) is 5.09. The zero-order valence-electron chi connectivity index (χ0n) is 12.3. The molecule has 0 spiro atoms. The highest BCUT2D eigenvalue weighted by molar-refractivity contribution is 6.40. The van der Waals surface area contributed by atoms with Gasteiger partial charge in [-0.15, -0.1) is 0 Å². The Bertz CT molecular complexity index is 574. The third kappa shape index (κ3) is 3.60. The number of nitrogens with one attached hydrogen (secondary N) is 1. The lowest BCUT2D eigenvalue weighted by Crippen LogP contribution is -2.54. The van der Waals surface area contributed by atoms with Crippen LogP contribution in [-0.2, 0) is 4.79 Å². The third-order valence-electron chi connectivity index (χ3n) is 3.28. The average Bonchev–Trinajstić information content (AvgIpc) is 2.39. The van der Waals surface area contributed by atoms with Gasteiger partial charge in [-0.05, 0) is 39.3 Å². The Labute approximate surface area is 133 Å². The maximum Gasteiger partial charge on any atom is 0.329 e. The molecule has 0 aliphatic heterocycles. The van der Waals surface area contributed by atoms with Crippen LogP contribution in [0.1, 0.15) is 26.3 Å². The van der Waals surface area contributed by atoms with Crippen molar-refractivity contribution in [1.82, 2.24) is 4.90 Å². The molecule has 1 aromatic carbocycles. The van der Waals surface area contributed by atoms with Crippen LogP contribution in [-0.4, -0.2) is 34.1 Å². The van der Waals surface area contributed by atoms with Crippen molar-refractivity contribution in [1.29, 1.82) is 0 Å². The number of benzene rings is 1. The molecule has 0 heterocycles. The first-order valence-corrected chi connectivity index (χ1v) is 7.15. The standard InChI is InChI=1S/C14H18Cl2N2O3/c1-5-18(14(3,4)12(19)20)13(21)17-11-9(15)7-6-8(2)10(11)16/h6-7H,5H2,1-4H3,(H,17,21)(H,19,20). The lowest BCUT2D eigenvalue weighted by atomic mass is 10.0. The molecular weight excluding hydrogens is 315 g/mol. The Morgan fingerprint density at radius 1 is 1.33 bits per heavy atom. The van der Waals surface area contributed by atoms with E-state index in [9.17, 15) is 14.7 Å². The summed E-state index contributed by atoms with van der Waals surface area (Å²) in [6.45, 7) is 6.62. The first kappa shape index (κ1) is 17.6. The highest BCUT2D eigenvalue weighted by atomic mass is 35.5. The summed E-state index contributed by atoms with van der Waals surface area (Å²) < 4.78 is 0. The molecule has 0 aliphatic rings. The van der Waals surface area contributed by atoms with Crippen molar-refractivity contribution in [2.24, 2.45) is 0 Å². The topological polar surface area (TPSA) is 69.6 Å². The number of aryl methyl sites for hydroxylation is 1. The van der Waals surface area contributed by atoms with E-state index in [1.54, 1.807) is 26.0 Å². The predicted octanol–water partition coefficient (Wildman–Crippen LogP) is 4.02. The number of urea groups is 1. The maximum absolute atomic E-state index is 12.3. The summed E-state index contributed by atoms with van der Waals surface area (Å²) in [6, 6.07) is 2.79. The minimum atomic E-state index is -1.35. The van der Waals surface area contributed by atoms with Crippen molar-refractivity contribution in [3.05, 3.63) is 27.7 Å². The number of hydrogen-bond acceptors (Lipinski definition) is 2. The molecule has 0 saturated heterocycles. The van der Waals surface area contributed by atoms with Crippen LogP contribution in [0.3, 0.4) is 0 Å². The Hall–Kier alpha value is -1.46. The Kier molecular flexibility index (Phi) is 5.48. The molecule has 21 heavy (non-hydrogen) atoms. The number of carboxylic acids is 1. The van der Waals surface area contributed by atoms with Crippen molar-refractivity contribution in [2.45, 2.75) is 33.2 Å². The molecule has 2 amide bonds. The third-order valence-corrected chi connectivity index (χ3v) is 4.08. The van der Waals surface area contributed by atoms with Gasteiger partial charge in [0.2, 0.25) is 0 Å². The van der Waals surface area contributed by atoms with Gasteiger partial charge in [0.25, 0.3) is 0 Å². The van der Waals surface area contributed by atoms with E-state index in [4.69, 9.17) is 23.2 Å². The van der Waals surface area contributed by atoms with Gasteiger partial charge in [0.05, 0.1) is 15.7 Å². The van der Waals surface area contributed by atoms with Crippen LogP contribution in [0.15, 0.2) is 12.1 Å². The van der Waals surface area contributed by atoms with Crippen molar-refractivity contribution < 1.29 is 14.7 Å². The van der Waals surface area contributed by atoms with Gasteiger partial charge in [-0.2, -0.15) is 0 Å². The Morgan fingerprint density at radius 2 is 1.90 bits per heavy atom. The number of hydrogen-bond donors (Lipinski definition) is 2. The van der Waals surface area contributed by atoms with E-state index in [1.807, 2.05) is 0 Å². The number of nitrogens with zero attached hydrogens (tertiary/aromatic N) is 1. The van der Waals surface area contributed by atoms with Gasteiger partial charge in [0.1, 0.15) is 5.54 Å². The molecule has 1 aromatic rings. The summed E-state index contributed by atoms with van der Waals surface area (Å²) in [5, 5.41) is 12.5. The molecule has 0 fully saturated rings. The Morgan fingerprint density at radius 3 is 2.38 bits per heavy atom. The van der Waals surface area contributed by atoms with E-state index >= 15 is 0 Å². The van der Waals surface area contributed by atoms with E-state index < -0.39 is 17.5 Å². The highest BCUT2D eigenvalue weighted by Crippen LogP contribution is 2.33. The molecule has 7 heteroatoms. The van der Waals surface area contributed by atoms with Crippen molar-refractivity contribution in [3.8, 4) is 0 Å². The monoisotopic (exact) mass is 332 g/mol. The second-order valence-corrected chi connectivity index (χ2v) is 5.88. The molecule has 0 radical (unpaired) electrons. The number of carbonyl (C=O) groups excluding carboxylic acids is 1. The van der Waals surface area contributed by atoms with Crippen molar-refractivity contribution in [3.63, 3.8) is 0 Å². The minimum Gasteiger partial charge on any atom is -0.480 e. The smallest absolute Gasteiger partial charge is 0.329 e. The number of amides is 2. The molecule has 0 unspecified atom stereocenters. The van der Waals surface area contributed by atoms with E-state index in [2.05, 4.69) is 5.32 Å². The molecule has 0 atom stereocenters. The van der Waals surface area contributed by atoms with E-state index in [0.29, 0.717) is 10.0 Å². The normalized spacial score (nSPS) is 11.1. The summed E-state index contributed by atoms with van der Waals surface area (Å²) in [6.07, 6.45) is 0. The molecule has 1 rings (SSSR count). The first-order chi connectivity index (χ1) is 9.62. The van der Waals surface area contributed by atoms with Gasteiger partial charge in [0, 0.05) is 6.54 Å². The van der Waals surface area contributed by atoms with Gasteiger partial charge in [-0.3, -0.25) is 0 Å². The molecule has 2 N–H and O–H groups in total.